The fourth-order valence-electron chi connectivity index (χ4n) is 4.15. The summed E-state index contributed by atoms with van der Waals surface area (Å²) in [6.07, 6.45) is 3.51. The van der Waals surface area contributed by atoms with Crippen LogP contribution < -0.4 is 0 Å². The number of likely N-dealkylation sites (tertiary alicyclic amines) is 1. The summed E-state index contributed by atoms with van der Waals surface area (Å²) in [6, 6.07) is 2.76. The van der Waals surface area contributed by atoms with Gasteiger partial charge in [0.05, 0.1) is 19.3 Å². The zero-order valence-corrected chi connectivity index (χ0v) is 12.9. The Morgan fingerprint density at radius 3 is 2.52 bits per heavy atom. The van der Waals surface area contributed by atoms with Gasteiger partial charge in [0, 0.05) is 32.2 Å². The summed E-state index contributed by atoms with van der Waals surface area (Å²) in [7, 11) is 0. The summed E-state index contributed by atoms with van der Waals surface area (Å²) < 4.78 is 5.42. The maximum Gasteiger partial charge on any atom is 0.243 e. The number of carbonyl (C=O) groups excluding carboxylic acids is 1. The summed E-state index contributed by atoms with van der Waals surface area (Å²) in [6.45, 7) is 7.30. The molecule has 0 aromatic heterocycles. The molecule has 2 saturated heterocycles. The lowest BCUT2D eigenvalue weighted by atomic mass is 9.86. The highest BCUT2D eigenvalue weighted by Crippen LogP contribution is 2.40. The number of carbonyl (C=O) groups is 1. The maximum atomic E-state index is 12.8. The molecule has 3 aliphatic rings. The second-order valence-corrected chi connectivity index (χ2v) is 6.80. The molecule has 21 heavy (non-hydrogen) atoms. The molecule has 0 aromatic rings. The van der Waals surface area contributed by atoms with Gasteiger partial charge in [-0.3, -0.25) is 9.69 Å². The van der Waals surface area contributed by atoms with Crippen molar-refractivity contribution in [3.8, 4) is 6.07 Å². The zero-order chi connectivity index (χ0) is 14.9. The smallest absolute Gasteiger partial charge is 0.243 e. The lowest BCUT2D eigenvalue weighted by Gasteiger charge is -2.34. The van der Waals surface area contributed by atoms with Crippen molar-refractivity contribution in [2.75, 3.05) is 39.4 Å². The van der Waals surface area contributed by atoms with E-state index in [4.69, 9.17) is 4.74 Å². The van der Waals surface area contributed by atoms with Crippen LogP contribution in [0.2, 0.25) is 0 Å². The van der Waals surface area contributed by atoms with Crippen LogP contribution in [0.25, 0.3) is 0 Å². The van der Waals surface area contributed by atoms with E-state index in [0.717, 1.165) is 65.1 Å². The number of hydrogen-bond acceptors (Lipinski definition) is 4. The number of morpholine rings is 1. The van der Waals surface area contributed by atoms with Gasteiger partial charge in [0.1, 0.15) is 5.41 Å². The van der Waals surface area contributed by atoms with Gasteiger partial charge in [-0.1, -0.05) is 19.8 Å². The Hall–Kier alpha value is -1.12. The molecule has 2 heterocycles. The Morgan fingerprint density at radius 2 is 1.90 bits per heavy atom. The number of nitrogens with zero attached hydrogens (tertiary/aromatic N) is 3. The molecule has 5 nitrogen and oxygen atoms in total. The van der Waals surface area contributed by atoms with Crippen LogP contribution in [0.4, 0.5) is 0 Å². The second kappa shape index (κ2) is 5.94. The molecule has 0 unspecified atom stereocenters. The standard InChI is InChI=1S/C16H25N3O2/c1-13-10-19(11-14(13)18-6-8-21-9-7-18)15(20)16(12-17)4-2-3-5-16/h13-14H,2-11H2,1H3/t13-,14+/m1/s1. The number of ether oxygens (including phenoxy) is 1. The van der Waals surface area contributed by atoms with Crippen LogP contribution in [-0.2, 0) is 9.53 Å². The van der Waals surface area contributed by atoms with Crippen molar-refractivity contribution >= 4 is 5.91 Å². The van der Waals surface area contributed by atoms with Gasteiger partial charge in [-0.25, -0.2) is 0 Å². The van der Waals surface area contributed by atoms with E-state index in [9.17, 15) is 10.1 Å². The van der Waals surface area contributed by atoms with E-state index in [1.165, 1.54) is 0 Å². The third-order valence-electron chi connectivity index (χ3n) is 5.46. The topological polar surface area (TPSA) is 56.6 Å². The van der Waals surface area contributed by atoms with Gasteiger partial charge in [-0.05, 0) is 18.8 Å². The fourth-order valence-corrected chi connectivity index (χ4v) is 4.15. The molecule has 1 aliphatic carbocycles. The van der Waals surface area contributed by atoms with Crippen molar-refractivity contribution in [2.45, 2.75) is 38.6 Å². The summed E-state index contributed by atoms with van der Waals surface area (Å²) in [5.41, 5.74) is -0.723. The predicted molar refractivity (Wildman–Crippen MR) is 78.4 cm³/mol. The highest BCUT2D eigenvalue weighted by molar-refractivity contribution is 5.86. The number of nitriles is 1. The van der Waals surface area contributed by atoms with E-state index in [1.54, 1.807) is 0 Å². The molecule has 3 fully saturated rings. The van der Waals surface area contributed by atoms with Crippen LogP contribution in [0.5, 0.6) is 0 Å². The molecule has 1 amide bonds. The van der Waals surface area contributed by atoms with Gasteiger partial charge in [0.15, 0.2) is 0 Å². The van der Waals surface area contributed by atoms with E-state index < -0.39 is 5.41 Å². The van der Waals surface area contributed by atoms with Crippen molar-refractivity contribution in [1.29, 1.82) is 5.26 Å². The SMILES string of the molecule is C[C@@H]1CN(C(=O)C2(C#N)CCCC2)C[C@@H]1N1CCOCC1. The maximum absolute atomic E-state index is 12.8. The molecular weight excluding hydrogens is 266 g/mol. The minimum absolute atomic E-state index is 0.0881. The first-order valence-corrected chi connectivity index (χ1v) is 8.19. The van der Waals surface area contributed by atoms with Crippen LogP contribution in [0.1, 0.15) is 32.6 Å². The van der Waals surface area contributed by atoms with Gasteiger partial charge >= 0.3 is 0 Å². The van der Waals surface area contributed by atoms with Gasteiger partial charge < -0.3 is 9.64 Å². The largest absolute Gasteiger partial charge is 0.379 e. The Kier molecular flexibility index (Phi) is 4.19. The molecule has 2 atom stereocenters. The predicted octanol–water partition coefficient (Wildman–Crippen LogP) is 1.25. The van der Waals surface area contributed by atoms with Crippen LogP contribution in [0.3, 0.4) is 0 Å². The van der Waals surface area contributed by atoms with E-state index in [1.807, 2.05) is 4.90 Å². The summed E-state index contributed by atoms with van der Waals surface area (Å²) in [5.74, 6) is 0.564. The van der Waals surface area contributed by atoms with E-state index in [-0.39, 0.29) is 5.91 Å². The molecule has 116 valence electrons. The van der Waals surface area contributed by atoms with Crippen LogP contribution in [0, 0.1) is 22.7 Å². The van der Waals surface area contributed by atoms with Crippen molar-refractivity contribution in [3.05, 3.63) is 0 Å². The van der Waals surface area contributed by atoms with Gasteiger partial charge in [0.2, 0.25) is 5.91 Å². The Labute approximate surface area is 126 Å². The van der Waals surface area contributed by atoms with E-state index >= 15 is 0 Å². The zero-order valence-electron chi connectivity index (χ0n) is 12.9. The van der Waals surface area contributed by atoms with E-state index in [2.05, 4.69) is 17.9 Å². The minimum Gasteiger partial charge on any atom is -0.379 e. The molecule has 0 aromatic carbocycles. The molecular formula is C16H25N3O2. The quantitative estimate of drug-likeness (QED) is 0.768. The normalized spacial score (nSPS) is 33.0. The monoisotopic (exact) mass is 291 g/mol. The van der Waals surface area contributed by atoms with Crippen LogP contribution in [0.15, 0.2) is 0 Å². The molecule has 1 saturated carbocycles. The summed E-state index contributed by atoms with van der Waals surface area (Å²) in [4.78, 5) is 17.2. The van der Waals surface area contributed by atoms with Crippen molar-refractivity contribution in [3.63, 3.8) is 0 Å². The fraction of sp³-hybridized carbons (Fsp3) is 0.875. The second-order valence-electron chi connectivity index (χ2n) is 6.80. The van der Waals surface area contributed by atoms with Crippen molar-refractivity contribution in [1.82, 2.24) is 9.80 Å². The highest BCUT2D eigenvalue weighted by Gasteiger charge is 2.47. The van der Waals surface area contributed by atoms with Gasteiger partial charge in [-0.2, -0.15) is 5.26 Å². The highest BCUT2D eigenvalue weighted by atomic mass is 16.5. The summed E-state index contributed by atoms with van der Waals surface area (Å²) in [5, 5.41) is 9.50. The number of rotatable bonds is 2. The van der Waals surface area contributed by atoms with Gasteiger partial charge in [0.25, 0.3) is 0 Å². The Bertz CT molecular complexity index is 433. The average molecular weight is 291 g/mol. The first kappa shape index (κ1) is 14.8. The van der Waals surface area contributed by atoms with Crippen LogP contribution >= 0.6 is 0 Å². The Morgan fingerprint density at radius 1 is 1.24 bits per heavy atom. The molecule has 5 heteroatoms. The third-order valence-corrected chi connectivity index (χ3v) is 5.46. The number of hydrogen-bond donors (Lipinski definition) is 0. The van der Waals surface area contributed by atoms with E-state index in [0.29, 0.717) is 12.0 Å². The molecule has 0 N–H and O–H groups in total. The molecule has 0 bridgehead atoms. The number of amides is 1. The van der Waals surface area contributed by atoms with Crippen LogP contribution in [-0.4, -0.2) is 61.1 Å². The third kappa shape index (κ3) is 2.67. The Balaban J connectivity index is 1.67. The minimum atomic E-state index is -0.723. The molecule has 0 radical (unpaired) electrons. The lowest BCUT2D eigenvalue weighted by molar-refractivity contribution is -0.138. The van der Waals surface area contributed by atoms with Crippen molar-refractivity contribution < 1.29 is 9.53 Å². The lowest BCUT2D eigenvalue weighted by Crippen LogP contribution is -2.48. The molecule has 2 aliphatic heterocycles. The first-order valence-electron chi connectivity index (χ1n) is 8.19. The molecule has 3 rings (SSSR count). The average Bonchev–Trinajstić information content (AvgIpc) is 3.15. The van der Waals surface area contributed by atoms with Crippen molar-refractivity contribution in [2.24, 2.45) is 11.3 Å². The summed E-state index contributed by atoms with van der Waals surface area (Å²) >= 11 is 0. The first-order chi connectivity index (χ1) is 10.2. The van der Waals surface area contributed by atoms with Gasteiger partial charge in [-0.15, -0.1) is 0 Å². The molecule has 0 spiro atoms.